The Labute approximate surface area is 88.9 Å². The zero-order chi connectivity index (χ0) is 9.52. The predicted octanol–water partition coefficient (Wildman–Crippen LogP) is 3.45. The van der Waals surface area contributed by atoms with E-state index in [4.69, 9.17) is 11.6 Å². The minimum Gasteiger partial charge on any atom is -0.385 e. The van der Waals surface area contributed by atoms with Gasteiger partial charge in [-0.15, -0.1) is 23.4 Å². The molecule has 0 saturated carbocycles. The third kappa shape index (κ3) is 3.92. The first-order valence-corrected chi connectivity index (χ1v) is 6.06. The maximum absolute atomic E-state index is 5.57. The summed E-state index contributed by atoms with van der Waals surface area (Å²) in [4.78, 5) is 1.29. The average Bonchev–Trinajstić information content (AvgIpc) is 2.19. The zero-order valence-corrected chi connectivity index (χ0v) is 9.29. The lowest BCUT2D eigenvalue weighted by Crippen LogP contribution is -2.01. The molecule has 72 valence electrons. The molecule has 0 amide bonds. The third-order valence-electron chi connectivity index (χ3n) is 1.73. The first kappa shape index (κ1) is 10.7. The van der Waals surface area contributed by atoms with Gasteiger partial charge in [0.2, 0.25) is 0 Å². The standard InChI is InChI=1S/C10H14ClNS/c1-13-10-5-3-9(4-6-10)12-8-2-7-11/h3-6,12H,2,7-8H2,1H3. The summed E-state index contributed by atoms with van der Waals surface area (Å²) in [7, 11) is 0. The summed E-state index contributed by atoms with van der Waals surface area (Å²) in [5.74, 6) is 0.718. The molecule has 0 saturated heterocycles. The highest BCUT2D eigenvalue weighted by atomic mass is 35.5. The molecule has 0 heterocycles. The summed E-state index contributed by atoms with van der Waals surface area (Å²) in [5.41, 5.74) is 1.17. The fraction of sp³-hybridized carbons (Fsp3) is 0.400. The van der Waals surface area contributed by atoms with Crippen LogP contribution < -0.4 is 5.32 Å². The van der Waals surface area contributed by atoms with E-state index in [0.717, 1.165) is 18.8 Å². The van der Waals surface area contributed by atoms with Gasteiger partial charge < -0.3 is 5.32 Å². The third-order valence-corrected chi connectivity index (χ3v) is 2.74. The van der Waals surface area contributed by atoms with Crippen LogP contribution in [0.2, 0.25) is 0 Å². The summed E-state index contributed by atoms with van der Waals surface area (Å²) in [5, 5.41) is 3.30. The highest BCUT2D eigenvalue weighted by Crippen LogP contribution is 2.17. The summed E-state index contributed by atoms with van der Waals surface area (Å²) >= 11 is 7.33. The molecule has 0 aromatic heterocycles. The van der Waals surface area contributed by atoms with E-state index in [1.165, 1.54) is 10.6 Å². The summed E-state index contributed by atoms with van der Waals surface area (Å²) in [6.07, 6.45) is 3.09. The Bertz CT molecular complexity index is 235. The predicted molar refractivity (Wildman–Crippen MR) is 62.0 cm³/mol. The lowest BCUT2D eigenvalue weighted by Gasteiger charge is -2.05. The topological polar surface area (TPSA) is 12.0 Å². The molecule has 0 bridgehead atoms. The molecule has 13 heavy (non-hydrogen) atoms. The van der Waals surface area contributed by atoms with Gasteiger partial charge in [0.15, 0.2) is 0 Å². The van der Waals surface area contributed by atoms with Gasteiger partial charge in [-0.05, 0) is 36.9 Å². The van der Waals surface area contributed by atoms with Crippen molar-refractivity contribution in [2.75, 3.05) is 24.0 Å². The highest BCUT2D eigenvalue weighted by Gasteiger charge is 1.91. The first-order chi connectivity index (χ1) is 6.36. The fourth-order valence-electron chi connectivity index (χ4n) is 1.01. The van der Waals surface area contributed by atoms with Crippen LogP contribution in [-0.2, 0) is 0 Å². The van der Waals surface area contributed by atoms with Crippen molar-refractivity contribution in [2.24, 2.45) is 0 Å². The van der Waals surface area contributed by atoms with Crippen molar-refractivity contribution in [3.05, 3.63) is 24.3 Å². The van der Waals surface area contributed by atoms with Gasteiger partial charge in [-0.2, -0.15) is 0 Å². The lowest BCUT2D eigenvalue weighted by molar-refractivity contribution is 0.987. The van der Waals surface area contributed by atoms with Gasteiger partial charge in [-0.3, -0.25) is 0 Å². The van der Waals surface area contributed by atoms with Gasteiger partial charge in [0, 0.05) is 23.0 Å². The van der Waals surface area contributed by atoms with Crippen molar-refractivity contribution < 1.29 is 0 Å². The van der Waals surface area contributed by atoms with E-state index >= 15 is 0 Å². The van der Waals surface area contributed by atoms with Gasteiger partial charge in [0.25, 0.3) is 0 Å². The smallest absolute Gasteiger partial charge is 0.0340 e. The van der Waals surface area contributed by atoms with E-state index in [1.807, 2.05) is 0 Å². The molecule has 0 spiro atoms. The molecule has 1 rings (SSSR count). The van der Waals surface area contributed by atoms with Gasteiger partial charge >= 0.3 is 0 Å². The maximum atomic E-state index is 5.57. The number of anilines is 1. The lowest BCUT2D eigenvalue weighted by atomic mass is 10.3. The Morgan fingerprint density at radius 3 is 2.54 bits per heavy atom. The van der Waals surface area contributed by atoms with Gasteiger partial charge in [-0.25, -0.2) is 0 Å². The fourth-order valence-corrected chi connectivity index (χ4v) is 1.55. The number of hydrogen-bond acceptors (Lipinski definition) is 2. The van der Waals surface area contributed by atoms with Gasteiger partial charge in [-0.1, -0.05) is 0 Å². The van der Waals surface area contributed by atoms with Crippen molar-refractivity contribution in [3.8, 4) is 0 Å². The van der Waals surface area contributed by atoms with E-state index in [-0.39, 0.29) is 0 Å². The highest BCUT2D eigenvalue weighted by molar-refractivity contribution is 7.98. The zero-order valence-electron chi connectivity index (χ0n) is 7.72. The molecule has 0 fully saturated rings. The van der Waals surface area contributed by atoms with Crippen LogP contribution in [-0.4, -0.2) is 18.7 Å². The molecule has 3 heteroatoms. The molecule has 1 aromatic rings. The van der Waals surface area contributed by atoms with E-state index in [1.54, 1.807) is 11.8 Å². The van der Waals surface area contributed by atoms with Crippen LogP contribution in [0.5, 0.6) is 0 Å². The van der Waals surface area contributed by atoms with Crippen LogP contribution in [0.25, 0.3) is 0 Å². The number of benzene rings is 1. The summed E-state index contributed by atoms with van der Waals surface area (Å²) in [6, 6.07) is 8.43. The Morgan fingerprint density at radius 1 is 1.31 bits per heavy atom. The number of rotatable bonds is 5. The van der Waals surface area contributed by atoms with Crippen LogP contribution in [0.1, 0.15) is 6.42 Å². The Morgan fingerprint density at radius 2 is 2.00 bits per heavy atom. The molecule has 0 aliphatic heterocycles. The Balaban J connectivity index is 2.40. The molecule has 1 N–H and O–H groups in total. The molecule has 1 aromatic carbocycles. The summed E-state index contributed by atoms with van der Waals surface area (Å²) < 4.78 is 0. The van der Waals surface area contributed by atoms with Crippen molar-refractivity contribution in [1.82, 2.24) is 0 Å². The Kier molecular flexibility index (Phi) is 5.09. The van der Waals surface area contributed by atoms with Gasteiger partial charge in [0.05, 0.1) is 0 Å². The Hall–Kier alpha value is -0.340. The van der Waals surface area contributed by atoms with Crippen LogP contribution in [0, 0.1) is 0 Å². The van der Waals surface area contributed by atoms with Crippen molar-refractivity contribution in [3.63, 3.8) is 0 Å². The first-order valence-electron chi connectivity index (χ1n) is 4.30. The normalized spacial score (nSPS) is 10.0. The molecular formula is C10H14ClNS. The number of halogens is 1. The minimum atomic E-state index is 0.718. The largest absolute Gasteiger partial charge is 0.385 e. The molecule has 0 atom stereocenters. The van der Waals surface area contributed by atoms with E-state index in [0.29, 0.717) is 0 Å². The van der Waals surface area contributed by atoms with Crippen molar-refractivity contribution in [2.45, 2.75) is 11.3 Å². The van der Waals surface area contributed by atoms with Crippen molar-refractivity contribution in [1.29, 1.82) is 0 Å². The number of nitrogens with one attached hydrogen (secondary N) is 1. The minimum absolute atomic E-state index is 0.718. The van der Waals surface area contributed by atoms with E-state index < -0.39 is 0 Å². The monoisotopic (exact) mass is 215 g/mol. The molecule has 0 aliphatic carbocycles. The van der Waals surface area contributed by atoms with Crippen LogP contribution in [0.3, 0.4) is 0 Å². The molecule has 0 radical (unpaired) electrons. The second-order valence-corrected chi connectivity index (χ2v) is 3.96. The molecule has 1 nitrogen and oxygen atoms in total. The molecule has 0 unspecified atom stereocenters. The van der Waals surface area contributed by atoms with Crippen LogP contribution in [0.4, 0.5) is 5.69 Å². The molecular weight excluding hydrogens is 202 g/mol. The number of thioether (sulfide) groups is 1. The number of hydrogen-bond donors (Lipinski definition) is 1. The maximum Gasteiger partial charge on any atom is 0.0340 e. The van der Waals surface area contributed by atoms with Crippen LogP contribution >= 0.6 is 23.4 Å². The van der Waals surface area contributed by atoms with E-state index in [9.17, 15) is 0 Å². The second-order valence-electron chi connectivity index (χ2n) is 2.70. The van der Waals surface area contributed by atoms with E-state index in [2.05, 4.69) is 35.8 Å². The van der Waals surface area contributed by atoms with Gasteiger partial charge in [0.1, 0.15) is 0 Å². The second kappa shape index (κ2) is 6.17. The summed E-state index contributed by atoms with van der Waals surface area (Å²) in [6.45, 7) is 0.947. The SMILES string of the molecule is CSc1ccc(NCCCCl)cc1. The molecule has 0 aliphatic rings. The van der Waals surface area contributed by atoms with Crippen molar-refractivity contribution >= 4 is 29.1 Å². The number of alkyl halides is 1. The average molecular weight is 216 g/mol. The van der Waals surface area contributed by atoms with Crippen LogP contribution in [0.15, 0.2) is 29.2 Å². The quantitative estimate of drug-likeness (QED) is 0.459.